The molecule has 3 rings (SSSR count). The quantitative estimate of drug-likeness (QED) is 0.245. The molecule has 5 nitrogen and oxygen atoms in total. The van der Waals surface area contributed by atoms with Crippen LogP contribution in [-0.2, 0) is 6.42 Å². The minimum atomic E-state index is 0.478. The molecular weight excluding hydrogens is 510 g/mol. The Labute approximate surface area is 251 Å². The van der Waals surface area contributed by atoms with E-state index in [4.69, 9.17) is 12.2 Å². The van der Waals surface area contributed by atoms with Crippen LogP contribution in [0.4, 0.5) is 0 Å². The Morgan fingerprint density at radius 3 is 2.27 bits per heavy atom. The molecule has 1 aliphatic carbocycles. The third kappa shape index (κ3) is 13.4. The predicted molar refractivity (Wildman–Crippen MR) is 182 cm³/mol. The van der Waals surface area contributed by atoms with Crippen molar-refractivity contribution >= 4 is 29.6 Å². The number of hydrogen-bond acceptors (Lipinski definition) is 5. The van der Waals surface area contributed by atoms with Crippen molar-refractivity contribution in [2.75, 3.05) is 40.3 Å². The minimum Gasteiger partial charge on any atom is -0.368 e. The largest absolute Gasteiger partial charge is 0.368 e. The molecule has 1 aromatic rings. The van der Waals surface area contributed by atoms with Crippen LogP contribution in [0.1, 0.15) is 90.2 Å². The van der Waals surface area contributed by atoms with Crippen LogP contribution in [0.3, 0.4) is 0 Å². The lowest BCUT2D eigenvalue weighted by molar-refractivity contribution is 0.207. The topological polar surface area (TPSA) is 43.2 Å². The maximum absolute atomic E-state index is 5.79. The zero-order valence-corrected chi connectivity index (χ0v) is 27.4. The van der Waals surface area contributed by atoms with Crippen LogP contribution in [-0.4, -0.2) is 73.5 Å². The Morgan fingerprint density at radius 1 is 1.12 bits per heavy atom. The monoisotopic (exact) mass is 567 g/mol. The summed E-state index contributed by atoms with van der Waals surface area (Å²) in [5.41, 5.74) is 4.08. The average molecular weight is 568 g/mol. The third-order valence-corrected chi connectivity index (χ3v) is 8.29. The lowest BCUT2D eigenvalue weighted by Gasteiger charge is -2.39. The van der Waals surface area contributed by atoms with Crippen LogP contribution in [0.5, 0.6) is 0 Å². The van der Waals surface area contributed by atoms with Gasteiger partial charge in [0.05, 0.1) is 4.99 Å². The van der Waals surface area contributed by atoms with E-state index in [0.717, 1.165) is 50.6 Å². The standard InChI is InChI=1S/C19H32N4S.C13H20.C2H5N/c1-5-6-15(2)20-16(3)21-18-9-7-17(8-10-18)19(24)23-13-11-22(4)12-14-23;1-4-8-12-9-6-7-10-13(12)11(3)5-2;1-3-2/h5-6,17-18,21H,3,7-14H2,1-2,4H3;6-7,9-11H,4-5,8H2,1-3H3;1H2,2H3/b6-5-,20-15-;;. The highest BCUT2D eigenvalue weighted by Gasteiger charge is 2.28. The normalized spacial score (nSPS) is 20.5. The van der Waals surface area contributed by atoms with Gasteiger partial charge in [0.1, 0.15) is 5.82 Å². The fraction of sp³-hybridized carbons (Fsp3) is 0.618. The fourth-order valence-corrected chi connectivity index (χ4v) is 5.68. The highest BCUT2D eigenvalue weighted by atomic mass is 32.1. The first-order valence-corrected chi connectivity index (χ1v) is 15.6. The van der Waals surface area contributed by atoms with Gasteiger partial charge in [-0.05, 0) is 89.3 Å². The van der Waals surface area contributed by atoms with Gasteiger partial charge in [-0.1, -0.05) is 76.3 Å². The van der Waals surface area contributed by atoms with Gasteiger partial charge < -0.3 is 20.1 Å². The van der Waals surface area contributed by atoms with E-state index in [2.05, 4.69) is 90.5 Å². The Bertz CT molecular complexity index is 937. The van der Waals surface area contributed by atoms with E-state index in [1.165, 1.54) is 37.1 Å². The van der Waals surface area contributed by atoms with Gasteiger partial charge in [-0.25, -0.2) is 4.99 Å². The van der Waals surface area contributed by atoms with Crippen LogP contribution in [0.2, 0.25) is 0 Å². The number of nitrogens with one attached hydrogen (secondary N) is 1. The maximum atomic E-state index is 5.79. The highest BCUT2D eigenvalue weighted by molar-refractivity contribution is 7.80. The van der Waals surface area contributed by atoms with Gasteiger partial charge in [-0.2, -0.15) is 0 Å². The van der Waals surface area contributed by atoms with Crippen LogP contribution in [0, 0.1) is 5.92 Å². The van der Waals surface area contributed by atoms with Crippen molar-refractivity contribution < 1.29 is 0 Å². The Hall–Kier alpha value is -2.31. The molecule has 1 aliphatic heterocycles. The number of aliphatic imine (C=N–C) groups is 2. The highest BCUT2D eigenvalue weighted by Crippen LogP contribution is 2.28. The SMILES string of the molecule is C=C(/N=C(C)\C=C/C)NC1CCC(C(=S)N2CCN(C)CC2)CC1.C=NC.CCCc1ccccc1C(C)CC. The van der Waals surface area contributed by atoms with Gasteiger partial charge in [0.15, 0.2) is 0 Å². The summed E-state index contributed by atoms with van der Waals surface area (Å²) in [5, 5.41) is 3.47. The molecule has 0 bridgehead atoms. The van der Waals surface area contributed by atoms with Crippen molar-refractivity contribution in [2.45, 2.75) is 91.5 Å². The number of benzene rings is 1. The van der Waals surface area contributed by atoms with Gasteiger partial charge in [0.25, 0.3) is 0 Å². The molecule has 0 amide bonds. The predicted octanol–water partition coefficient (Wildman–Crippen LogP) is 7.69. The molecule has 40 heavy (non-hydrogen) atoms. The lowest BCUT2D eigenvalue weighted by atomic mass is 9.85. The summed E-state index contributed by atoms with van der Waals surface area (Å²) in [6, 6.07) is 9.33. The minimum absolute atomic E-state index is 0.478. The van der Waals surface area contributed by atoms with E-state index in [0.29, 0.717) is 17.9 Å². The fourth-order valence-electron chi connectivity index (χ4n) is 5.26. The van der Waals surface area contributed by atoms with Gasteiger partial charge >= 0.3 is 0 Å². The molecule has 224 valence electrons. The van der Waals surface area contributed by atoms with Crippen molar-refractivity contribution in [1.29, 1.82) is 0 Å². The second kappa shape index (κ2) is 20.5. The van der Waals surface area contributed by atoms with E-state index in [-0.39, 0.29) is 0 Å². The molecule has 0 spiro atoms. The third-order valence-electron chi connectivity index (χ3n) is 7.70. The van der Waals surface area contributed by atoms with E-state index >= 15 is 0 Å². The molecule has 0 radical (unpaired) electrons. The summed E-state index contributed by atoms with van der Waals surface area (Å²) in [6.45, 7) is 22.4. The Morgan fingerprint density at radius 2 is 1.73 bits per heavy atom. The van der Waals surface area contributed by atoms with Gasteiger partial charge in [0, 0.05) is 50.9 Å². The smallest absolute Gasteiger partial charge is 0.119 e. The summed E-state index contributed by atoms with van der Waals surface area (Å²) in [6.07, 6.45) is 12.3. The van der Waals surface area contributed by atoms with Crippen molar-refractivity contribution in [3.05, 3.63) is 59.9 Å². The summed E-state index contributed by atoms with van der Waals surface area (Å²) in [4.78, 5) is 13.7. The van der Waals surface area contributed by atoms with E-state index in [1.54, 1.807) is 18.2 Å². The Balaban J connectivity index is 0.000000420. The molecule has 1 aromatic carbocycles. The second-order valence-electron chi connectivity index (χ2n) is 11.1. The van der Waals surface area contributed by atoms with Crippen molar-refractivity contribution in [2.24, 2.45) is 15.9 Å². The van der Waals surface area contributed by atoms with E-state index in [1.807, 2.05) is 26.0 Å². The number of rotatable bonds is 9. The maximum Gasteiger partial charge on any atom is 0.119 e. The second-order valence-corrected chi connectivity index (χ2v) is 11.5. The number of hydrogen-bond donors (Lipinski definition) is 1. The zero-order chi connectivity index (χ0) is 29.9. The lowest BCUT2D eigenvalue weighted by Crippen LogP contribution is -2.49. The van der Waals surface area contributed by atoms with Gasteiger partial charge in [0.2, 0.25) is 0 Å². The first kappa shape index (κ1) is 35.7. The van der Waals surface area contributed by atoms with Crippen molar-refractivity contribution in [3.8, 4) is 0 Å². The zero-order valence-electron chi connectivity index (χ0n) is 26.6. The number of nitrogens with zero attached hydrogens (tertiary/aromatic N) is 4. The van der Waals surface area contributed by atoms with Crippen molar-refractivity contribution in [1.82, 2.24) is 15.1 Å². The van der Waals surface area contributed by atoms with Crippen molar-refractivity contribution in [3.63, 3.8) is 0 Å². The van der Waals surface area contributed by atoms with Crippen LogP contribution < -0.4 is 5.32 Å². The molecule has 1 saturated carbocycles. The van der Waals surface area contributed by atoms with Crippen LogP contribution >= 0.6 is 12.2 Å². The summed E-state index contributed by atoms with van der Waals surface area (Å²) < 4.78 is 0. The molecular formula is C34H57N5S. The molecule has 6 heteroatoms. The molecule has 1 atom stereocenters. The number of allylic oxidation sites excluding steroid dienone is 2. The van der Waals surface area contributed by atoms with Crippen LogP contribution in [0.25, 0.3) is 0 Å². The van der Waals surface area contributed by atoms with E-state index in [9.17, 15) is 0 Å². The van der Waals surface area contributed by atoms with E-state index < -0.39 is 0 Å². The van der Waals surface area contributed by atoms with Gasteiger partial charge in [-0.15, -0.1) is 0 Å². The molecule has 0 aromatic heterocycles. The first-order valence-electron chi connectivity index (χ1n) is 15.2. The number of aryl methyl sites for hydroxylation is 1. The molecule has 1 heterocycles. The average Bonchev–Trinajstić information content (AvgIpc) is 2.94. The summed E-state index contributed by atoms with van der Waals surface area (Å²) in [7, 11) is 3.82. The molecule has 1 N–H and O–H groups in total. The molecule has 1 unspecified atom stereocenters. The summed E-state index contributed by atoms with van der Waals surface area (Å²) in [5.74, 6) is 2.06. The Kier molecular flexibility index (Phi) is 18.3. The first-order chi connectivity index (χ1) is 19.2. The molecule has 2 aliphatic rings. The molecule has 2 fully saturated rings. The number of thiocarbonyl (C=S) groups is 1. The summed E-state index contributed by atoms with van der Waals surface area (Å²) >= 11 is 5.79. The molecule has 1 saturated heterocycles. The van der Waals surface area contributed by atoms with Gasteiger partial charge in [-0.3, -0.25) is 0 Å². The van der Waals surface area contributed by atoms with Crippen LogP contribution in [0.15, 0.2) is 58.8 Å². The number of piperazine rings is 1. The number of likely N-dealkylation sites (N-methyl/N-ethyl adjacent to an activating group) is 1.